The number of sulfonamides is 1. The first kappa shape index (κ1) is 28.0. The topological polar surface area (TPSA) is 92.8 Å². The number of amides is 1. The third kappa shape index (κ3) is 6.60. The molecule has 1 aliphatic rings. The van der Waals surface area contributed by atoms with Gasteiger partial charge in [0, 0.05) is 11.1 Å². The zero-order chi connectivity index (χ0) is 26.5. The average Bonchev–Trinajstić information content (AvgIpc) is 2.84. The van der Waals surface area contributed by atoms with Crippen molar-refractivity contribution in [3.05, 3.63) is 70.7 Å². The quantitative estimate of drug-likeness (QED) is 0.328. The van der Waals surface area contributed by atoms with Crippen molar-refractivity contribution in [1.82, 2.24) is 5.32 Å². The number of anilines is 1. The third-order valence-corrected chi connectivity index (χ3v) is 9.06. The Labute approximate surface area is 222 Å². The van der Waals surface area contributed by atoms with Crippen molar-refractivity contribution in [2.45, 2.75) is 44.0 Å². The summed E-state index contributed by atoms with van der Waals surface area (Å²) in [6.45, 7) is 7.41. The minimum Gasteiger partial charge on any atom is -0.452 e. The van der Waals surface area contributed by atoms with E-state index in [0.29, 0.717) is 22.5 Å². The van der Waals surface area contributed by atoms with Crippen molar-refractivity contribution in [2.75, 3.05) is 17.5 Å². The summed E-state index contributed by atoms with van der Waals surface area (Å²) in [5.74, 6) is -0.378. The number of ether oxygens (including phenoxy) is 1. The molecule has 1 aliphatic carbocycles. The fraction of sp³-hybridized carbons (Fsp3) is 0.385. The van der Waals surface area contributed by atoms with Crippen molar-refractivity contribution < 1.29 is 22.7 Å². The number of carbonyl (C=O) groups is 2. The smallest absolute Gasteiger partial charge is 0.338 e. The van der Waals surface area contributed by atoms with Crippen LogP contribution in [0.4, 0.5) is 5.69 Å². The van der Waals surface area contributed by atoms with Crippen LogP contribution in [0.3, 0.4) is 0 Å². The van der Waals surface area contributed by atoms with Gasteiger partial charge in [-0.25, -0.2) is 13.2 Å². The highest BCUT2D eigenvalue weighted by molar-refractivity contribution is 7.93. The Kier molecular flexibility index (Phi) is 9.44. The molecule has 10 heteroatoms. The van der Waals surface area contributed by atoms with E-state index in [0.717, 1.165) is 29.6 Å². The van der Waals surface area contributed by atoms with Gasteiger partial charge in [-0.1, -0.05) is 56.0 Å². The predicted octanol–water partition coefficient (Wildman–Crippen LogP) is 5.47. The van der Waals surface area contributed by atoms with Crippen molar-refractivity contribution in [1.29, 1.82) is 0 Å². The summed E-state index contributed by atoms with van der Waals surface area (Å²) in [7, 11) is -4.18. The van der Waals surface area contributed by atoms with Crippen molar-refractivity contribution in [3.63, 3.8) is 0 Å². The van der Waals surface area contributed by atoms with Crippen LogP contribution >= 0.6 is 23.2 Å². The van der Waals surface area contributed by atoms with Gasteiger partial charge in [0.2, 0.25) is 0 Å². The Hall–Kier alpha value is -2.55. The Morgan fingerprint density at radius 3 is 2.50 bits per heavy atom. The third-order valence-electron chi connectivity index (χ3n) is 6.53. The fourth-order valence-corrected chi connectivity index (χ4v) is 6.33. The Morgan fingerprint density at radius 1 is 1.14 bits per heavy atom. The molecule has 7 nitrogen and oxygen atoms in total. The van der Waals surface area contributed by atoms with E-state index in [9.17, 15) is 18.0 Å². The molecule has 36 heavy (non-hydrogen) atoms. The standard InChI is InChI=1S/C26H30Cl2N2O5S/c1-4-14-30(21-11-9-20(27)10-12-21)36(33,34)24-15-19(8-13-22(24)28)26(32)35-16-25(31)29-23-7-5-6-17(2)18(23)3/h4,8-13,15,17-18,23H,1,5-7,14,16H2,2-3H3,(H,29,31). The van der Waals surface area contributed by atoms with E-state index in [1.807, 2.05) is 0 Å². The molecule has 3 unspecified atom stereocenters. The molecule has 1 saturated carbocycles. The van der Waals surface area contributed by atoms with Crippen LogP contribution in [0.2, 0.25) is 10.0 Å². The van der Waals surface area contributed by atoms with E-state index in [1.165, 1.54) is 18.2 Å². The van der Waals surface area contributed by atoms with Gasteiger partial charge in [-0.05, 0) is 60.7 Å². The molecule has 0 bridgehead atoms. The molecule has 194 valence electrons. The number of benzene rings is 2. The first-order chi connectivity index (χ1) is 17.0. The van der Waals surface area contributed by atoms with Crippen molar-refractivity contribution >= 4 is 50.8 Å². The average molecular weight is 554 g/mol. The van der Waals surface area contributed by atoms with Crippen LogP contribution in [-0.2, 0) is 19.6 Å². The summed E-state index contributed by atoms with van der Waals surface area (Å²) in [6.07, 6.45) is 4.49. The summed E-state index contributed by atoms with van der Waals surface area (Å²) in [5.41, 5.74) is 0.311. The first-order valence-electron chi connectivity index (χ1n) is 11.7. The lowest BCUT2D eigenvalue weighted by molar-refractivity contribution is -0.125. The maximum absolute atomic E-state index is 13.5. The van der Waals surface area contributed by atoms with Crippen LogP contribution in [0.1, 0.15) is 43.5 Å². The van der Waals surface area contributed by atoms with Gasteiger partial charge in [-0.2, -0.15) is 0 Å². The van der Waals surface area contributed by atoms with Gasteiger partial charge < -0.3 is 10.1 Å². The second-order valence-corrected chi connectivity index (χ2v) is 11.6. The molecule has 2 aromatic rings. The number of hydrogen-bond acceptors (Lipinski definition) is 5. The molecule has 0 aromatic heterocycles. The predicted molar refractivity (Wildman–Crippen MR) is 142 cm³/mol. The lowest BCUT2D eigenvalue weighted by atomic mass is 9.78. The lowest BCUT2D eigenvalue weighted by Crippen LogP contribution is -2.45. The fourth-order valence-electron chi connectivity index (χ4n) is 4.26. The highest BCUT2D eigenvalue weighted by Crippen LogP contribution is 2.31. The van der Waals surface area contributed by atoms with Gasteiger partial charge in [0.15, 0.2) is 6.61 Å². The monoisotopic (exact) mass is 552 g/mol. The molecule has 3 rings (SSSR count). The maximum atomic E-state index is 13.5. The number of nitrogens with one attached hydrogen (secondary N) is 1. The molecule has 2 aromatic carbocycles. The van der Waals surface area contributed by atoms with E-state index in [-0.39, 0.29) is 28.1 Å². The SMILES string of the molecule is C=CCN(c1ccc(Cl)cc1)S(=O)(=O)c1cc(C(=O)OCC(=O)NC2CCCC(C)C2C)ccc1Cl. The molecule has 3 atom stereocenters. The number of rotatable bonds is 9. The maximum Gasteiger partial charge on any atom is 0.338 e. The number of esters is 1. The highest BCUT2D eigenvalue weighted by atomic mass is 35.5. The van der Waals surface area contributed by atoms with E-state index in [4.69, 9.17) is 27.9 Å². The van der Waals surface area contributed by atoms with Crippen molar-refractivity contribution in [3.8, 4) is 0 Å². The van der Waals surface area contributed by atoms with Gasteiger partial charge >= 0.3 is 5.97 Å². The zero-order valence-electron chi connectivity index (χ0n) is 20.2. The van der Waals surface area contributed by atoms with Crippen LogP contribution in [0.5, 0.6) is 0 Å². The summed E-state index contributed by atoms with van der Waals surface area (Å²) >= 11 is 12.2. The van der Waals surface area contributed by atoms with Gasteiger partial charge in [-0.3, -0.25) is 9.10 Å². The van der Waals surface area contributed by atoms with Crippen LogP contribution in [0.15, 0.2) is 60.0 Å². The van der Waals surface area contributed by atoms with E-state index in [1.54, 1.807) is 24.3 Å². The van der Waals surface area contributed by atoms with E-state index >= 15 is 0 Å². The van der Waals surface area contributed by atoms with Gasteiger partial charge in [-0.15, -0.1) is 6.58 Å². The summed E-state index contributed by atoms with van der Waals surface area (Å²) in [5, 5.41) is 3.33. The van der Waals surface area contributed by atoms with E-state index < -0.39 is 28.5 Å². The second-order valence-electron chi connectivity index (χ2n) is 8.96. The van der Waals surface area contributed by atoms with Crippen LogP contribution in [0, 0.1) is 11.8 Å². The molecular formula is C26H30Cl2N2O5S. The Balaban J connectivity index is 1.75. The Morgan fingerprint density at radius 2 is 1.83 bits per heavy atom. The second kappa shape index (κ2) is 12.1. The number of nitrogens with zero attached hydrogens (tertiary/aromatic N) is 1. The molecule has 1 fully saturated rings. The van der Waals surface area contributed by atoms with Crippen molar-refractivity contribution in [2.24, 2.45) is 11.8 Å². The molecule has 0 heterocycles. The molecule has 0 spiro atoms. The summed E-state index contributed by atoms with van der Waals surface area (Å²) in [6, 6.07) is 10.1. The number of halogens is 2. The van der Waals surface area contributed by atoms with Gasteiger partial charge in [0.1, 0.15) is 4.90 Å². The molecule has 0 aliphatic heterocycles. The summed E-state index contributed by atoms with van der Waals surface area (Å²) in [4.78, 5) is 24.8. The summed E-state index contributed by atoms with van der Waals surface area (Å²) < 4.78 is 33.3. The molecule has 1 N–H and O–H groups in total. The zero-order valence-corrected chi connectivity index (χ0v) is 22.6. The molecular weight excluding hydrogens is 523 g/mol. The molecule has 0 radical (unpaired) electrons. The minimum atomic E-state index is -4.18. The Bertz CT molecular complexity index is 1220. The molecule has 1 amide bonds. The van der Waals surface area contributed by atoms with Crippen LogP contribution in [-0.4, -0.2) is 39.5 Å². The van der Waals surface area contributed by atoms with Gasteiger partial charge in [0.25, 0.3) is 15.9 Å². The molecule has 0 saturated heterocycles. The first-order valence-corrected chi connectivity index (χ1v) is 13.9. The normalized spacial score (nSPS) is 19.8. The number of hydrogen-bond donors (Lipinski definition) is 1. The van der Waals surface area contributed by atoms with Gasteiger partial charge in [0.05, 0.1) is 22.8 Å². The van der Waals surface area contributed by atoms with Crippen LogP contribution < -0.4 is 9.62 Å². The van der Waals surface area contributed by atoms with Crippen LogP contribution in [0.25, 0.3) is 0 Å². The largest absolute Gasteiger partial charge is 0.452 e. The highest BCUT2D eigenvalue weighted by Gasteiger charge is 2.30. The minimum absolute atomic E-state index is 0.0344. The lowest BCUT2D eigenvalue weighted by Gasteiger charge is -2.34. The number of carbonyl (C=O) groups excluding carboxylic acids is 2. The van der Waals surface area contributed by atoms with E-state index in [2.05, 4.69) is 25.7 Å².